The highest BCUT2D eigenvalue weighted by molar-refractivity contribution is 6.33. The van der Waals surface area contributed by atoms with Crippen LogP contribution in [0.15, 0.2) is 30.3 Å². The molecule has 0 aliphatic heterocycles. The molecule has 0 radical (unpaired) electrons. The molecule has 1 aromatic heterocycles. The van der Waals surface area contributed by atoms with Gasteiger partial charge in [0.05, 0.1) is 17.7 Å². The van der Waals surface area contributed by atoms with Gasteiger partial charge in [0.25, 0.3) is 0 Å². The van der Waals surface area contributed by atoms with Crippen molar-refractivity contribution in [3.63, 3.8) is 0 Å². The molecule has 4 heteroatoms. The first kappa shape index (κ1) is 15.8. The highest BCUT2D eigenvalue weighted by Crippen LogP contribution is 2.25. The number of Topliss-reactive ketones (excluding diaryl/α,β-unsaturated/α-hetero) is 1. The fourth-order valence-corrected chi connectivity index (χ4v) is 2.72. The second kappa shape index (κ2) is 6.46. The van der Waals surface area contributed by atoms with Gasteiger partial charge < -0.3 is 9.30 Å². The van der Waals surface area contributed by atoms with Gasteiger partial charge in [-0.2, -0.15) is 0 Å². The molecule has 0 saturated carbocycles. The lowest BCUT2D eigenvalue weighted by atomic mass is 10.1. The van der Waals surface area contributed by atoms with Crippen LogP contribution in [0.4, 0.5) is 0 Å². The third-order valence-electron chi connectivity index (χ3n) is 3.59. The number of alkyl halides is 1. The van der Waals surface area contributed by atoms with Gasteiger partial charge in [-0.3, -0.25) is 4.79 Å². The van der Waals surface area contributed by atoms with Gasteiger partial charge in [0.2, 0.25) is 0 Å². The van der Waals surface area contributed by atoms with E-state index >= 15 is 0 Å². The van der Waals surface area contributed by atoms with Crippen LogP contribution in [0.5, 0.6) is 0 Å². The van der Waals surface area contributed by atoms with Crippen molar-refractivity contribution in [2.45, 2.75) is 32.8 Å². The summed E-state index contributed by atoms with van der Waals surface area (Å²) in [4.78, 5) is 12.2. The summed E-state index contributed by atoms with van der Waals surface area (Å²) in [6, 6.07) is 9.94. The van der Waals surface area contributed by atoms with Gasteiger partial charge in [0.15, 0.2) is 5.78 Å². The maximum Gasteiger partial charge on any atom is 0.182 e. The quantitative estimate of drug-likeness (QED) is 0.616. The number of benzene rings is 1. The Balaban J connectivity index is 2.58. The number of carbonyl (C=O) groups excluding carboxylic acids is 1. The molecule has 112 valence electrons. The minimum atomic E-state index is -0.520. The first-order chi connectivity index (χ1) is 9.97. The third-order valence-corrected chi connectivity index (χ3v) is 3.79. The molecule has 0 N–H and O–H groups in total. The summed E-state index contributed by atoms with van der Waals surface area (Å²) in [5, 5.41) is -0.520. The molecule has 1 aromatic carbocycles. The molecule has 2 aromatic rings. The Morgan fingerprint density at radius 2 is 2.00 bits per heavy atom. The molecular formula is C17H20ClNO2. The monoisotopic (exact) mass is 305 g/mol. The first-order valence-corrected chi connectivity index (χ1v) is 7.35. The number of hydrogen-bond acceptors (Lipinski definition) is 2. The van der Waals surface area contributed by atoms with Gasteiger partial charge in [-0.15, -0.1) is 11.6 Å². The molecule has 1 atom stereocenters. The van der Waals surface area contributed by atoms with E-state index in [2.05, 4.69) is 4.57 Å². The highest BCUT2D eigenvalue weighted by atomic mass is 35.5. The number of para-hydroxylation sites is 1. The number of ether oxygens (including phenoxy) is 1. The van der Waals surface area contributed by atoms with Crippen LogP contribution in [0.1, 0.15) is 34.2 Å². The highest BCUT2D eigenvalue weighted by Gasteiger charge is 2.20. The van der Waals surface area contributed by atoms with Crippen LogP contribution in [-0.4, -0.2) is 22.8 Å². The summed E-state index contributed by atoms with van der Waals surface area (Å²) in [6.45, 7) is 6.17. The van der Waals surface area contributed by atoms with Crippen LogP contribution in [-0.2, 0) is 11.3 Å². The molecule has 0 saturated heterocycles. The number of nitrogens with zero attached hydrogens (tertiary/aromatic N) is 1. The van der Waals surface area contributed by atoms with Crippen molar-refractivity contribution in [3.8, 4) is 5.69 Å². The molecule has 0 spiro atoms. The lowest BCUT2D eigenvalue weighted by Crippen LogP contribution is -2.12. The topological polar surface area (TPSA) is 31.2 Å². The van der Waals surface area contributed by atoms with E-state index in [0.29, 0.717) is 12.2 Å². The minimum Gasteiger partial charge on any atom is -0.380 e. The summed E-state index contributed by atoms with van der Waals surface area (Å²) < 4.78 is 7.35. The van der Waals surface area contributed by atoms with Gasteiger partial charge in [-0.1, -0.05) is 18.2 Å². The summed E-state index contributed by atoms with van der Waals surface area (Å²) in [5.41, 5.74) is 4.72. The maximum atomic E-state index is 12.2. The third kappa shape index (κ3) is 3.04. The summed E-state index contributed by atoms with van der Waals surface area (Å²) in [7, 11) is 1.68. The number of ketones is 1. The van der Waals surface area contributed by atoms with Crippen molar-refractivity contribution in [1.82, 2.24) is 4.57 Å². The Labute approximate surface area is 130 Å². The van der Waals surface area contributed by atoms with Gasteiger partial charge in [-0.25, -0.2) is 0 Å². The van der Waals surface area contributed by atoms with E-state index in [1.165, 1.54) is 0 Å². The van der Waals surface area contributed by atoms with Crippen LogP contribution >= 0.6 is 11.6 Å². The van der Waals surface area contributed by atoms with Crippen LogP contribution in [0, 0.1) is 13.8 Å². The molecule has 0 aliphatic rings. The molecule has 2 rings (SSSR count). The second-order valence-corrected chi connectivity index (χ2v) is 5.82. The van der Waals surface area contributed by atoms with E-state index in [9.17, 15) is 4.79 Å². The Hall–Kier alpha value is -1.58. The fourth-order valence-electron chi connectivity index (χ4n) is 2.60. The predicted molar refractivity (Wildman–Crippen MR) is 85.6 cm³/mol. The molecular weight excluding hydrogens is 286 g/mol. The lowest BCUT2D eigenvalue weighted by Gasteiger charge is -2.14. The minimum absolute atomic E-state index is 0.0414. The van der Waals surface area contributed by atoms with E-state index in [1.807, 2.05) is 44.2 Å². The largest absolute Gasteiger partial charge is 0.380 e. The zero-order chi connectivity index (χ0) is 15.6. The number of halogens is 1. The maximum absolute atomic E-state index is 12.2. The van der Waals surface area contributed by atoms with Crippen LogP contribution in [0.3, 0.4) is 0 Å². The van der Waals surface area contributed by atoms with Gasteiger partial charge in [-0.05, 0) is 32.9 Å². The van der Waals surface area contributed by atoms with Gasteiger partial charge in [0.1, 0.15) is 0 Å². The van der Waals surface area contributed by atoms with Crippen molar-refractivity contribution >= 4 is 17.4 Å². The number of aromatic nitrogens is 1. The van der Waals surface area contributed by atoms with E-state index in [4.69, 9.17) is 16.3 Å². The first-order valence-electron chi connectivity index (χ1n) is 6.91. The zero-order valence-electron chi connectivity index (χ0n) is 12.8. The Bertz CT molecular complexity index is 659. The van der Waals surface area contributed by atoms with E-state index in [-0.39, 0.29) is 5.78 Å². The lowest BCUT2D eigenvalue weighted by molar-refractivity contribution is 0.0991. The Morgan fingerprint density at radius 1 is 1.33 bits per heavy atom. The SMILES string of the molecule is COCc1ccccc1-n1c(C)cc(C(=O)C(C)Cl)c1C. The molecule has 1 heterocycles. The number of rotatable bonds is 5. The molecule has 0 fully saturated rings. The number of carbonyl (C=O) groups is 1. The summed E-state index contributed by atoms with van der Waals surface area (Å²) in [6.07, 6.45) is 0. The van der Waals surface area contributed by atoms with Crippen LogP contribution in [0.2, 0.25) is 0 Å². The molecule has 0 amide bonds. The number of hydrogen-bond donors (Lipinski definition) is 0. The average molecular weight is 306 g/mol. The molecule has 3 nitrogen and oxygen atoms in total. The predicted octanol–water partition coefficient (Wildman–Crippen LogP) is 4.05. The van der Waals surface area contributed by atoms with Crippen molar-refractivity contribution < 1.29 is 9.53 Å². The van der Waals surface area contributed by atoms with Crippen molar-refractivity contribution in [3.05, 3.63) is 52.8 Å². The summed E-state index contributed by atoms with van der Waals surface area (Å²) in [5.74, 6) is -0.0414. The molecule has 0 bridgehead atoms. The standard InChI is InChI=1S/C17H20ClNO2/c1-11-9-15(17(20)12(2)18)13(3)19(11)16-8-6-5-7-14(16)10-21-4/h5-9,12H,10H2,1-4H3. The second-order valence-electron chi connectivity index (χ2n) is 5.16. The van der Waals surface area contributed by atoms with Crippen molar-refractivity contribution in [2.24, 2.45) is 0 Å². The van der Waals surface area contributed by atoms with E-state index in [0.717, 1.165) is 22.6 Å². The van der Waals surface area contributed by atoms with Gasteiger partial charge >= 0.3 is 0 Å². The summed E-state index contributed by atoms with van der Waals surface area (Å²) >= 11 is 5.94. The fraction of sp³-hybridized carbons (Fsp3) is 0.353. The zero-order valence-corrected chi connectivity index (χ0v) is 13.6. The number of methoxy groups -OCH3 is 1. The average Bonchev–Trinajstić information content (AvgIpc) is 2.74. The Kier molecular flexibility index (Phi) is 4.86. The van der Waals surface area contributed by atoms with E-state index < -0.39 is 5.38 Å². The smallest absolute Gasteiger partial charge is 0.182 e. The molecule has 21 heavy (non-hydrogen) atoms. The number of aryl methyl sites for hydroxylation is 1. The van der Waals surface area contributed by atoms with Crippen molar-refractivity contribution in [1.29, 1.82) is 0 Å². The normalized spacial score (nSPS) is 12.4. The van der Waals surface area contributed by atoms with Crippen LogP contribution < -0.4 is 0 Å². The van der Waals surface area contributed by atoms with Gasteiger partial charge in [0, 0.05) is 29.6 Å². The Morgan fingerprint density at radius 3 is 2.62 bits per heavy atom. The molecule has 0 aliphatic carbocycles. The van der Waals surface area contributed by atoms with Crippen LogP contribution in [0.25, 0.3) is 5.69 Å². The van der Waals surface area contributed by atoms with E-state index in [1.54, 1.807) is 14.0 Å². The van der Waals surface area contributed by atoms with Crippen molar-refractivity contribution in [2.75, 3.05) is 7.11 Å². The molecule has 1 unspecified atom stereocenters.